The van der Waals surface area contributed by atoms with Gasteiger partial charge in [0.1, 0.15) is 38.8 Å². The summed E-state index contributed by atoms with van der Waals surface area (Å²) in [5.41, 5.74) is 3.87. The first-order valence-electron chi connectivity index (χ1n) is 9.47. The molecule has 1 saturated heterocycles. The van der Waals surface area contributed by atoms with Crippen molar-refractivity contribution in [3.63, 3.8) is 0 Å². The minimum atomic E-state index is -0.0209. The fourth-order valence-corrected chi connectivity index (χ4v) is 5.13. The van der Waals surface area contributed by atoms with Gasteiger partial charge in [-0.2, -0.15) is 0 Å². The lowest BCUT2D eigenvalue weighted by Gasteiger charge is -2.28. The highest BCUT2D eigenvalue weighted by molar-refractivity contribution is 7.98. The maximum atomic E-state index is 6.50. The van der Waals surface area contributed by atoms with Gasteiger partial charge in [-0.1, -0.05) is 35.9 Å². The Labute approximate surface area is 165 Å². The van der Waals surface area contributed by atoms with E-state index in [9.17, 15) is 0 Å². The van der Waals surface area contributed by atoms with Crippen molar-refractivity contribution in [2.24, 2.45) is 0 Å². The smallest absolute Gasteiger partial charge is 0.127 e. The lowest BCUT2D eigenvalue weighted by atomic mass is 9.97. The van der Waals surface area contributed by atoms with Gasteiger partial charge in [0.05, 0.1) is 13.7 Å². The van der Waals surface area contributed by atoms with E-state index in [1.54, 1.807) is 9.80 Å². The lowest BCUT2D eigenvalue weighted by Crippen LogP contribution is -3.27. The Morgan fingerprint density at radius 3 is 2.73 bits per heavy atom. The molecule has 0 amide bonds. The summed E-state index contributed by atoms with van der Waals surface area (Å²) in [5, 5.41) is 0.782. The summed E-state index contributed by atoms with van der Waals surface area (Å²) in [7, 11) is 2.29. The average molecular weight is 391 g/mol. The summed E-state index contributed by atoms with van der Waals surface area (Å²) in [6, 6.07) is 14.9. The van der Waals surface area contributed by atoms with E-state index in [0.29, 0.717) is 0 Å². The molecular formula is C21H27ClN2OS+2. The predicted molar refractivity (Wildman–Crippen MR) is 107 cm³/mol. The maximum Gasteiger partial charge on any atom is 0.127 e. The molecule has 26 heavy (non-hydrogen) atoms. The fourth-order valence-electron chi connectivity index (χ4n) is 3.88. The number of likely N-dealkylation sites (N-methyl/N-ethyl adjacent to an activating group) is 1. The van der Waals surface area contributed by atoms with Crippen LogP contribution < -0.4 is 9.80 Å². The van der Waals surface area contributed by atoms with E-state index in [4.69, 9.17) is 16.3 Å². The molecule has 2 aromatic rings. The van der Waals surface area contributed by atoms with Crippen molar-refractivity contribution in [1.29, 1.82) is 0 Å². The molecule has 0 aliphatic carbocycles. The standard InChI is InChI=1S/C21H25ClN2OS/c1-23-8-10-24(11-9-23)12-13-25-21-18-5-3-2-4-16(18)15-26-20-7-6-17(22)14-19(20)21/h2-7,14,21H,8-13,15H2,1H3/p+2/t21-/m1/s1. The van der Waals surface area contributed by atoms with Crippen LogP contribution in [0.2, 0.25) is 5.02 Å². The van der Waals surface area contributed by atoms with Gasteiger partial charge in [-0.05, 0) is 29.3 Å². The molecule has 0 radical (unpaired) electrons. The summed E-state index contributed by atoms with van der Waals surface area (Å²) in [4.78, 5) is 4.59. The third-order valence-electron chi connectivity index (χ3n) is 5.53. The van der Waals surface area contributed by atoms with Crippen LogP contribution in [0.5, 0.6) is 0 Å². The fraction of sp³-hybridized carbons (Fsp3) is 0.429. The van der Waals surface area contributed by atoms with Crippen LogP contribution in [0.15, 0.2) is 47.4 Å². The zero-order valence-electron chi connectivity index (χ0n) is 15.3. The van der Waals surface area contributed by atoms with Crippen LogP contribution in [0.25, 0.3) is 0 Å². The average Bonchev–Trinajstić information content (AvgIpc) is 2.81. The summed E-state index contributed by atoms with van der Waals surface area (Å²) in [5.74, 6) is 0.983. The number of thioether (sulfide) groups is 1. The molecule has 2 aromatic carbocycles. The summed E-state index contributed by atoms with van der Waals surface area (Å²) >= 11 is 8.20. The number of nitrogens with one attached hydrogen (secondary N) is 2. The molecule has 0 saturated carbocycles. The minimum absolute atomic E-state index is 0.0209. The van der Waals surface area contributed by atoms with E-state index >= 15 is 0 Å². The second kappa shape index (κ2) is 8.32. The van der Waals surface area contributed by atoms with E-state index in [0.717, 1.165) is 23.9 Å². The van der Waals surface area contributed by atoms with Crippen molar-refractivity contribution in [2.45, 2.75) is 16.8 Å². The SMILES string of the molecule is C[NH+]1CC[NH+](CCO[C@@H]2c3ccccc3CSc3ccc(Cl)cc32)CC1. The number of hydrogen-bond donors (Lipinski definition) is 2. The summed E-state index contributed by atoms with van der Waals surface area (Å²) < 4.78 is 6.50. The molecule has 0 spiro atoms. The van der Waals surface area contributed by atoms with Crippen LogP contribution in [-0.4, -0.2) is 46.4 Å². The van der Waals surface area contributed by atoms with E-state index < -0.39 is 0 Å². The second-order valence-corrected chi connectivity index (χ2v) is 8.83. The molecule has 0 bridgehead atoms. The Bertz CT molecular complexity index is 761. The monoisotopic (exact) mass is 390 g/mol. The molecule has 1 fully saturated rings. The van der Waals surface area contributed by atoms with Gasteiger partial charge in [-0.25, -0.2) is 0 Å². The Balaban J connectivity index is 1.53. The van der Waals surface area contributed by atoms with E-state index in [2.05, 4.69) is 43.4 Å². The molecule has 5 heteroatoms. The largest absolute Gasteiger partial charge is 0.363 e. The van der Waals surface area contributed by atoms with Crippen molar-refractivity contribution >= 4 is 23.4 Å². The van der Waals surface area contributed by atoms with Crippen LogP contribution >= 0.6 is 23.4 Å². The molecule has 2 aliphatic heterocycles. The Kier molecular flexibility index (Phi) is 5.87. The van der Waals surface area contributed by atoms with Crippen LogP contribution in [0, 0.1) is 0 Å². The number of halogens is 1. The van der Waals surface area contributed by atoms with Crippen LogP contribution in [0.4, 0.5) is 0 Å². The number of rotatable bonds is 4. The molecule has 138 valence electrons. The first-order chi connectivity index (χ1) is 12.7. The highest BCUT2D eigenvalue weighted by Gasteiger charge is 2.26. The van der Waals surface area contributed by atoms with Gasteiger partial charge in [0.25, 0.3) is 0 Å². The second-order valence-electron chi connectivity index (χ2n) is 7.38. The van der Waals surface area contributed by atoms with Crippen LogP contribution in [0.1, 0.15) is 22.8 Å². The molecule has 1 atom stereocenters. The minimum Gasteiger partial charge on any atom is -0.363 e. The number of hydrogen-bond acceptors (Lipinski definition) is 2. The number of ether oxygens (including phenoxy) is 1. The Morgan fingerprint density at radius 1 is 1.08 bits per heavy atom. The quantitative estimate of drug-likeness (QED) is 0.823. The molecular weight excluding hydrogens is 364 g/mol. The number of piperazine rings is 1. The van der Waals surface area contributed by atoms with E-state index in [-0.39, 0.29) is 6.10 Å². The predicted octanol–water partition coefficient (Wildman–Crippen LogP) is 1.46. The van der Waals surface area contributed by atoms with Crippen molar-refractivity contribution < 1.29 is 14.5 Å². The Hall–Kier alpha value is -1.04. The maximum absolute atomic E-state index is 6.50. The first kappa shape index (κ1) is 18.3. The number of benzene rings is 2. The van der Waals surface area contributed by atoms with Crippen molar-refractivity contribution in [3.8, 4) is 0 Å². The van der Waals surface area contributed by atoms with Gasteiger partial charge < -0.3 is 14.5 Å². The van der Waals surface area contributed by atoms with Crippen molar-refractivity contribution in [2.75, 3.05) is 46.4 Å². The molecule has 4 rings (SSSR count). The summed E-state index contributed by atoms with van der Waals surface area (Å²) in [6.07, 6.45) is -0.0209. The molecule has 2 heterocycles. The zero-order valence-corrected chi connectivity index (χ0v) is 16.8. The summed E-state index contributed by atoms with van der Waals surface area (Å²) in [6.45, 7) is 6.87. The van der Waals surface area contributed by atoms with Gasteiger partial charge in [-0.15, -0.1) is 11.8 Å². The molecule has 2 N–H and O–H groups in total. The number of quaternary nitrogens is 2. The van der Waals surface area contributed by atoms with Gasteiger partial charge in [0, 0.05) is 21.2 Å². The molecule has 3 nitrogen and oxygen atoms in total. The first-order valence-corrected chi connectivity index (χ1v) is 10.8. The lowest BCUT2D eigenvalue weighted by molar-refractivity contribution is -1.00. The topological polar surface area (TPSA) is 18.1 Å². The molecule has 0 unspecified atom stereocenters. The van der Waals surface area contributed by atoms with Crippen molar-refractivity contribution in [1.82, 2.24) is 0 Å². The normalized spacial score (nSPS) is 25.2. The molecule has 0 aromatic heterocycles. The Morgan fingerprint density at radius 2 is 1.88 bits per heavy atom. The highest BCUT2D eigenvalue weighted by atomic mass is 35.5. The zero-order chi connectivity index (χ0) is 17.9. The number of fused-ring (bicyclic) bond motifs is 2. The van der Waals surface area contributed by atoms with E-state index in [1.165, 1.54) is 47.8 Å². The van der Waals surface area contributed by atoms with Gasteiger partial charge in [-0.3, -0.25) is 0 Å². The van der Waals surface area contributed by atoms with Crippen LogP contribution in [-0.2, 0) is 10.5 Å². The molecule has 2 aliphatic rings. The van der Waals surface area contributed by atoms with Gasteiger partial charge in [0.2, 0.25) is 0 Å². The van der Waals surface area contributed by atoms with Crippen molar-refractivity contribution in [3.05, 3.63) is 64.2 Å². The van der Waals surface area contributed by atoms with Gasteiger partial charge >= 0.3 is 0 Å². The van der Waals surface area contributed by atoms with Crippen LogP contribution in [0.3, 0.4) is 0 Å². The highest BCUT2D eigenvalue weighted by Crippen LogP contribution is 2.41. The van der Waals surface area contributed by atoms with E-state index in [1.807, 2.05) is 17.8 Å². The van der Waals surface area contributed by atoms with Gasteiger partial charge in [0.15, 0.2) is 0 Å². The third kappa shape index (κ3) is 4.10. The third-order valence-corrected chi connectivity index (χ3v) is 6.90.